The molecule has 21 heteroatoms. The summed E-state index contributed by atoms with van der Waals surface area (Å²) in [4.78, 5) is 79.7. The van der Waals surface area contributed by atoms with E-state index in [9.17, 15) is 37.2 Å². The Kier molecular flexibility index (Phi) is 15.7. The van der Waals surface area contributed by atoms with Crippen LogP contribution in [0.1, 0.15) is 127 Å². The van der Waals surface area contributed by atoms with Gasteiger partial charge in [0.2, 0.25) is 21.8 Å². The molecule has 2 aromatic heterocycles. The Morgan fingerprint density at radius 2 is 1.55 bits per heavy atom. The number of benzene rings is 3. The number of esters is 2. The van der Waals surface area contributed by atoms with Crippen LogP contribution in [0.2, 0.25) is 5.02 Å². The second kappa shape index (κ2) is 21.4. The number of thiophene rings is 1. The average molecular weight is 1090 g/mol. The number of aromatic nitrogens is 2. The molecule has 402 valence electrons. The number of anilines is 2. The summed E-state index contributed by atoms with van der Waals surface area (Å²) in [5.41, 5.74) is 2.19. The minimum absolute atomic E-state index is 0.0296. The van der Waals surface area contributed by atoms with Crippen molar-refractivity contribution in [1.82, 2.24) is 23.7 Å². The van der Waals surface area contributed by atoms with E-state index in [2.05, 4.69) is 16.0 Å². The summed E-state index contributed by atoms with van der Waals surface area (Å²) in [6, 6.07) is 19.1. The molecule has 3 fully saturated rings. The lowest BCUT2D eigenvalue weighted by atomic mass is 9.89. The maximum Gasteiger partial charge on any atom is 0.352 e. The molecule has 2 atom stereocenters. The number of piperidine rings is 3. The lowest BCUT2D eigenvalue weighted by Gasteiger charge is -2.45. The van der Waals surface area contributed by atoms with Crippen LogP contribution in [0.15, 0.2) is 71.5 Å². The maximum atomic E-state index is 14.2. The first-order chi connectivity index (χ1) is 35.2. The predicted octanol–water partition coefficient (Wildman–Crippen LogP) is 8.97. The number of fused-ring (bicyclic) bond motifs is 1. The van der Waals surface area contributed by atoms with Gasteiger partial charge < -0.3 is 29.7 Å². The van der Waals surface area contributed by atoms with E-state index >= 15 is 0 Å². The Hall–Kier alpha value is -6.22. The number of hydrogen-bond donors (Lipinski definition) is 3. The van der Waals surface area contributed by atoms with Gasteiger partial charge in [-0.3, -0.25) is 24.0 Å². The van der Waals surface area contributed by atoms with Gasteiger partial charge in [0.05, 0.1) is 21.7 Å². The fourth-order valence-corrected chi connectivity index (χ4v) is 13.6. The molecule has 8 rings (SSSR count). The average Bonchev–Trinajstić information content (AvgIpc) is 3.77. The Morgan fingerprint density at radius 3 is 2.23 bits per heavy atom. The second-order valence-corrected chi connectivity index (χ2v) is 25.4. The standard InChI is InChI=1S/C54H66ClN7O11S2/c1-52(2,3)72-43(64)30-71-45-44(55)46(74-47(45)49(66)73-53(4,5)6)35-13-11-15-37(27-35)56-38-22-25-61(54(7,8)29-38)75(69,70)31-32-12-10-14-36(26-32)57-50(67)60-23-20-33(21-24-60)34-16-17-39-41(28-34)59(9)51(68)62(39)40-18-19-42(63)58-48(40)65/h10-17,26-28,33,38,40,56H,18-25,29-31H2,1-9H3,(H,57,67)(H,58,63,65)/t38-,40+/m0/s1. The van der Waals surface area contributed by atoms with Gasteiger partial charge in [0, 0.05) is 56.1 Å². The molecular formula is C54H66ClN7O11S2. The maximum absolute atomic E-state index is 14.2. The normalized spacial score (nSPS) is 18.9. The van der Waals surface area contributed by atoms with Gasteiger partial charge in [0.25, 0.3) is 0 Å². The van der Waals surface area contributed by atoms with Crippen molar-refractivity contribution in [3.8, 4) is 16.2 Å². The zero-order chi connectivity index (χ0) is 54.4. The number of nitrogens with one attached hydrogen (secondary N) is 3. The molecule has 3 saturated heterocycles. The Bertz CT molecular complexity index is 3210. The lowest BCUT2D eigenvalue weighted by Crippen LogP contribution is -2.55. The molecule has 75 heavy (non-hydrogen) atoms. The minimum atomic E-state index is -3.81. The van der Waals surface area contributed by atoms with Crippen LogP contribution in [-0.2, 0) is 46.7 Å². The SMILES string of the molecule is Cn1c(=O)n([C@@H]2CCC(=O)NC2=O)c2ccc(C3CCN(C(=O)Nc4cccc(CS(=O)(=O)N5CC[C@H](Nc6cccc(-c7sc(C(=O)OC(C)(C)C)c(OCC(=O)OC(C)(C)C)c7Cl)c6)CC5(C)C)c4)CC3)cc21. The van der Waals surface area contributed by atoms with Crippen molar-refractivity contribution in [1.29, 1.82) is 0 Å². The van der Waals surface area contributed by atoms with Crippen molar-refractivity contribution in [2.24, 2.45) is 7.05 Å². The van der Waals surface area contributed by atoms with Crippen LogP contribution in [-0.4, -0.2) is 106 Å². The lowest BCUT2D eigenvalue weighted by molar-refractivity contribution is -0.157. The van der Waals surface area contributed by atoms with Gasteiger partial charge in [-0.1, -0.05) is 41.9 Å². The van der Waals surface area contributed by atoms with Crippen molar-refractivity contribution >= 4 is 85.2 Å². The third-order valence-corrected chi connectivity index (χ3v) is 17.2. The molecule has 0 saturated carbocycles. The Morgan fingerprint density at radius 1 is 0.853 bits per heavy atom. The molecule has 0 unspecified atom stereocenters. The molecule has 0 spiro atoms. The number of nitrogens with zero attached hydrogens (tertiary/aromatic N) is 4. The molecule has 3 aliphatic rings. The van der Waals surface area contributed by atoms with Crippen LogP contribution < -0.4 is 26.4 Å². The summed E-state index contributed by atoms with van der Waals surface area (Å²) in [5.74, 6) is -2.19. The number of urea groups is 1. The van der Waals surface area contributed by atoms with Gasteiger partial charge in [0.15, 0.2) is 17.2 Å². The molecule has 0 aliphatic carbocycles. The molecule has 0 radical (unpaired) electrons. The van der Waals surface area contributed by atoms with Gasteiger partial charge in [-0.2, -0.15) is 4.31 Å². The second-order valence-electron chi connectivity index (χ2n) is 22.2. The highest BCUT2D eigenvalue weighted by Gasteiger charge is 2.42. The van der Waals surface area contributed by atoms with Crippen molar-refractivity contribution < 1.29 is 46.6 Å². The molecule has 18 nitrogen and oxygen atoms in total. The number of imidazole rings is 1. The molecule has 5 aromatic rings. The number of sulfonamides is 1. The number of hydrogen-bond acceptors (Lipinski definition) is 13. The van der Waals surface area contributed by atoms with E-state index in [0.29, 0.717) is 71.5 Å². The highest BCUT2D eigenvalue weighted by molar-refractivity contribution is 7.88. The van der Waals surface area contributed by atoms with Crippen molar-refractivity contribution in [3.05, 3.63) is 98.2 Å². The number of halogens is 1. The van der Waals surface area contributed by atoms with E-state index in [0.717, 1.165) is 22.6 Å². The monoisotopic (exact) mass is 1090 g/mol. The Labute approximate surface area is 446 Å². The van der Waals surface area contributed by atoms with Crippen molar-refractivity contribution in [2.75, 3.05) is 36.9 Å². The predicted molar refractivity (Wildman–Crippen MR) is 289 cm³/mol. The highest BCUT2D eigenvalue weighted by atomic mass is 35.5. The molecule has 3 aromatic carbocycles. The zero-order valence-corrected chi connectivity index (χ0v) is 46.2. The molecule has 3 aliphatic heterocycles. The van der Waals surface area contributed by atoms with Gasteiger partial charge in [0.1, 0.15) is 22.3 Å². The number of carbonyl (C=O) groups excluding carboxylic acids is 5. The number of aryl methyl sites for hydroxylation is 1. The zero-order valence-electron chi connectivity index (χ0n) is 43.8. The fourth-order valence-electron chi connectivity index (χ4n) is 10.2. The van der Waals surface area contributed by atoms with E-state index < -0.39 is 57.3 Å². The molecular weight excluding hydrogens is 1020 g/mol. The molecule has 3 N–H and O–H groups in total. The number of imide groups is 1. The number of ether oxygens (including phenoxy) is 3. The quantitative estimate of drug-likeness (QED) is 0.0744. The number of carbonyl (C=O) groups is 5. The van der Waals surface area contributed by atoms with Crippen LogP contribution in [0.3, 0.4) is 0 Å². The van der Waals surface area contributed by atoms with Crippen LogP contribution in [0.25, 0.3) is 21.5 Å². The van der Waals surface area contributed by atoms with Gasteiger partial charge >= 0.3 is 23.7 Å². The van der Waals surface area contributed by atoms with Crippen molar-refractivity contribution in [3.63, 3.8) is 0 Å². The topological polar surface area (TPSA) is 217 Å². The summed E-state index contributed by atoms with van der Waals surface area (Å²) in [7, 11) is -2.14. The van der Waals surface area contributed by atoms with Gasteiger partial charge in [-0.15, -0.1) is 11.3 Å². The third kappa shape index (κ3) is 12.7. The van der Waals surface area contributed by atoms with Crippen LogP contribution in [0.4, 0.5) is 16.2 Å². The van der Waals surface area contributed by atoms with Crippen LogP contribution >= 0.6 is 22.9 Å². The van der Waals surface area contributed by atoms with Crippen LogP contribution in [0.5, 0.6) is 5.75 Å². The molecule has 0 bridgehead atoms. The van der Waals surface area contributed by atoms with Gasteiger partial charge in [-0.25, -0.2) is 27.6 Å². The number of rotatable bonds is 13. The third-order valence-electron chi connectivity index (χ3n) is 13.5. The first kappa shape index (κ1) is 55.0. The first-order valence-electron chi connectivity index (χ1n) is 25.1. The molecule has 5 heterocycles. The first-order valence-corrected chi connectivity index (χ1v) is 27.9. The highest BCUT2D eigenvalue weighted by Crippen LogP contribution is 2.47. The van der Waals surface area contributed by atoms with E-state index in [4.69, 9.17) is 25.8 Å². The summed E-state index contributed by atoms with van der Waals surface area (Å²) in [5, 5.41) is 9.05. The number of amides is 4. The summed E-state index contributed by atoms with van der Waals surface area (Å²) in [6.45, 7) is 15.1. The van der Waals surface area contributed by atoms with Crippen molar-refractivity contribution in [2.45, 2.75) is 134 Å². The van der Waals surface area contributed by atoms with E-state index in [1.54, 1.807) is 82.1 Å². The Balaban J connectivity index is 0.866. The summed E-state index contributed by atoms with van der Waals surface area (Å²) in [6.07, 6.45) is 2.82. The summed E-state index contributed by atoms with van der Waals surface area (Å²) >= 11 is 8.02. The van der Waals surface area contributed by atoms with E-state index in [1.165, 1.54) is 9.13 Å². The smallest absolute Gasteiger partial charge is 0.352 e. The fraction of sp³-hybridized carbons (Fsp3) is 0.481. The van der Waals surface area contributed by atoms with Gasteiger partial charge in [-0.05, 0) is 147 Å². The van der Waals surface area contributed by atoms with E-state index in [1.807, 2.05) is 56.3 Å². The van der Waals surface area contributed by atoms with Crippen LogP contribution in [0, 0.1) is 0 Å². The largest absolute Gasteiger partial charge is 0.479 e. The summed E-state index contributed by atoms with van der Waals surface area (Å²) < 4.78 is 49.8. The molecule has 4 amide bonds. The van der Waals surface area contributed by atoms with E-state index in [-0.39, 0.29) is 70.4 Å². The number of likely N-dealkylation sites (tertiary alicyclic amines) is 1. The minimum Gasteiger partial charge on any atom is -0.479 e.